The van der Waals surface area contributed by atoms with E-state index < -0.39 is 7.85 Å². The van der Waals surface area contributed by atoms with Crippen LogP contribution in [-0.4, -0.2) is 157 Å². The first-order valence-corrected chi connectivity index (χ1v) is 33.4. The number of hydrogen-bond donors (Lipinski definition) is 2. The van der Waals surface area contributed by atoms with Crippen molar-refractivity contribution < 1.29 is 32.4 Å². The Hall–Kier alpha value is -4.39. The van der Waals surface area contributed by atoms with E-state index in [1.807, 2.05) is 82.5 Å². The summed E-state index contributed by atoms with van der Waals surface area (Å²) < 4.78 is 28.3. The first-order chi connectivity index (χ1) is 41.1. The number of amides is 1. The number of alkyl halides is 4. The topological polar surface area (TPSA) is 177 Å². The molecule has 1 aliphatic carbocycles. The van der Waals surface area contributed by atoms with Crippen molar-refractivity contribution in [3.05, 3.63) is 136 Å². The van der Waals surface area contributed by atoms with E-state index in [2.05, 4.69) is 122 Å². The average molecular weight is 1510 g/mol. The van der Waals surface area contributed by atoms with Crippen LogP contribution in [0.15, 0.2) is 96.3 Å². The van der Waals surface area contributed by atoms with Gasteiger partial charge in [-0.05, 0) is 248 Å². The molecule has 1 saturated carbocycles. The van der Waals surface area contributed by atoms with Gasteiger partial charge in [0.25, 0.3) is 0 Å². The van der Waals surface area contributed by atoms with Crippen molar-refractivity contribution in [2.24, 2.45) is 16.8 Å². The largest absolute Gasteiger partial charge is 1.00 e. The van der Waals surface area contributed by atoms with Crippen molar-refractivity contribution in [2.75, 3.05) is 77.1 Å². The number of likely N-dealkylation sites (tertiary alicyclic amines) is 2. The number of pyridine rings is 3. The van der Waals surface area contributed by atoms with Gasteiger partial charge in [-0.25, -0.2) is 13.8 Å². The number of likely N-dealkylation sites (N-methyl/N-ethyl adjacent to an activating group) is 1. The van der Waals surface area contributed by atoms with E-state index in [1.165, 1.54) is 23.4 Å². The molecule has 8 aliphatic rings. The number of nitrogen functional groups attached to an aromatic ring is 1. The first kappa shape index (κ1) is 64.1. The molecule has 87 heavy (non-hydrogen) atoms. The Morgan fingerprint density at radius 2 is 1.80 bits per heavy atom. The Balaban J connectivity index is 0.000000644. The quantitative estimate of drug-likeness (QED) is 0.0217. The van der Waals surface area contributed by atoms with Gasteiger partial charge in [-0.1, -0.05) is 50.1 Å². The average Bonchev–Trinajstić information content (AvgIpc) is 1.98. The fourth-order valence-corrected chi connectivity index (χ4v) is 17.6. The number of benzene rings is 1. The van der Waals surface area contributed by atoms with Crippen LogP contribution in [0.4, 0.5) is 20.4 Å². The maximum atomic E-state index is 16.1. The Morgan fingerprint density at radius 1 is 1.01 bits per heavy atom. The fraction of sp³-hybridized carbons (Fsp3) is 0.492. The van der Waals surface area contributed by atoms with E-state index in [-0.39, 0.29) is 59.8 Å². The van der Waals surface area contributed by atoms with Crippen LogP contribution in [0.3, 0.4) is 0 Å². The minimum absolute atomic E-state index is 0. The molecule has 5 aromatic rings. The molecular formula is C65H75F2I3LiN15O-2. The molecule has 1 aromatic carbocycles. The number of rotatable bonds is 13. The number of allylic oxidation sites excluding steroid dienone is 1. The molecule has 4 unspecified atom stereocenters. The smallest absolute Gasteiger partial charge is 0.430 e. The van der Waals surface area contributed by atoms with Crippen LogP contribution >= 0.6 is 67.8 Å². The van der Waals surface area contributed by atoms with Crippen LogP contribution in [0.1, 0.15) is 112 Å². The molecule has 7 atom stereocenters. The fourth-order valence-electron chi connectivity index (χ4n) is 15.5. The summed E-state index contributed by atoms with van der Waals surface area (Å²) in [5, 5.41) is 16.8. The number of aliphatic imine (C=N–C) groups is 1. The molecule has 1 amide bonds. The molecule has 0 spiro atoms. The van der Waals surface area contributed by atoms with Gasteiger partial charge < -0.3 is 57.4 Å². The molecule has 0 radical (unpaired) electrons. The summed E-state index contributed by atoms with van der Waals surface area (Å²) in [7, 11) is 4.15. The molecule has 4 aromatic heterocycles. The SMILES string of the molecule is C=CC(=N)N1CC(CN(C)C2=C3CC(C)C(c4nc(N)cc(C)c4C(F)(I)I)CC3=N/C(=C/CC34CCCN3C(c3ccc(I)c5c(-c6cc7n[c-]nc(N(C)[C@@H]8CCN(C(=O)C=C)C8)c7cn6)nccc35)CC4)[N-]2)C1.[CH2-][C@@]12CCCN1C[C@@H](F)C2.[Li+]. The van der Waals surface area contributed by atoms with Gasteiger partial charge in [-0.15, -0.1) is 5.54 Å². The van der Waals surface area contributed by atoms with Crippen molar-refractivity contribution in [3.63, 3.8) is 0 Å². The summed E-state index contributed by atoms with van der Waals surface area (Å²) in [6.45, 7) is 22.1. The Bertz CT molecular complexity index is 3630. The summed E-state index contributed by atoms with van der Waals surface area (Å²) >= 11 is 6.20. The van der Waals surface area contributed by atoms with Gasteiger partial charge in [0.2, 0.25) is 7.59 Å². The number of nitrogens with two attached hydrogens (primary N) is 1. The molecule has 7 fully saturated rings. The van der Waals surface area contributed by atoms with Crippen molar-refractivity contribution in [2.45, 2.75) is 121 Å². The number of hydrogen-bond acceptors (Lipinski definition) is 13. The summed E-state index contributed by atoms with van der Waals surface area (Å²) in [6, 6.07) is 10.8. The number of carbonyl (C=O) groups is 1. The zero-order valence-electron chi connectivity index (χ0n) is 50.5. The summed E-state index contributed by atoms with van der Waals surface area (Å²) in [6.07, 6.45) is 21.5. The van der Waals surface area contributed by atoms with Crippen molar-refractivity contribution in [1.82, 2.24) is 49.4 Å². The number of aryl methyl sites for hydroxylation is 1. The molecule has 3 N–H and O–H groups in total. The van der Waals surface area contributed by atoms with E-state index in [9.17, 15) is 9.18 Å². The van der Waals surface area contributed by atoms with Gasteiger partial charge in [-0.2, -0.15) is 0 Å². The van der Waals surface area contributed by atoms with Crippen LogP contribution in [-0.2, 0) is 6.48 Å². The summed E-state index contributed by atoms with van der Waals surface area (Å²) in [5.41, 5.74) is 14.2. The number of anilines is 2. The van der Waals surface area contributed by atoms with Gasteiger partial charge in [-0.3, -0.25) is 25.1 Å². The number of carbonyl (C=O) groups excluding carboxylic acids is 1. The molecule has 454 valence electrons. The second kappa shape index (κ2) is 25.7. The van der Waals surface area contributed by atoms with Crippen LogP contribution in [0.25, 0.3) is 38.4 Å². The number of aromatic nitrogens is 5. The molecule has 7 aliphatic heterocycles. The van der Waals surface area contributed by atoms with Gasteiger partial charge in [0.15, 0.2) is 0 Å². The zero-order valence-corrected chi connectivity index (χ0v) is 57.0. The molecule has 22 heteroatoms. The van der Waals surface area contributed by atoms with Crippen LogP contribution < -0.4 is 29.5 Å². The standard InChI is InChI=1S/C57H62FI3N14O.C8H13FN.Li/c1-7-47(63)74-28-34(29-74)27-71(5)55-39-22-32(3)38(52-51(57(58,60)61)33(4)23-46(62)69-52)24-43(39)68-48(70-55)13-18-56-16-9-20-75(56)45(12-17-56)36-10-11-41(59)50-37(36)14-19-64-53(50)44-25-42-40(26-65-44)54(67-31-66-42)72(6)35-15-21-73(30-35)49(76)8-2;1-8-3-2-4-10(8)6-7(9)5-8;/h7-8,10-11,13-14,19,23,25-26,32,34-35,38,45,63H,1-2,9,12,15-18,20-22,24,27-30H2,3-6H3,(H2-,62,68,69,70);7H,1-6H2;/q-2;-1;+1/b48-13-,63-47?;;/t32?,35-,38?,45?,56?;7-,8-;/m10./s1. The van der Waals surface area contributed by atoms with E-state index in [0.717, 1.165) is 155 Å². The minimum Gasteiger partial charge on any atom is -0.430 e. The number of nitrogens with one attached hydrogen (secondary N) is 1. The second-order valence-electron chi connectivity index (χ2n) is 25.2. The Morgan fingerprint density at radius 3 is 2.56 bits per heavy atom. The predicted octanol–water partition coefficient (Wildman–Crippen LogP) is 9.69. The second-order valence-corrected chi connectivity index (χ2v) is 31.4. The number of fused-ring (bicyclic) bond motifs is 5. The van der Waals surface area contributed by atoms with E-state index >= 15 is 4.39 Å². The summed E-state index contributed by atoms with van der Waals surface area (Å²) in [5.74, 6) is 3.67. The van der Waals surface area contributed by atoms with Gasteiger partial charge in [0, 0.05) is 107 Å². The Kier molecular flexibility index (Phi) is 19.0. The van der Waals surface area contributed by atoms with Crippen molar-refractivity contribution in [3.8, 4) is 11.4 Å². The van der Waals surface area contributed by atoms with Crippen LogP contribution in [0, 0.1) is 41.0 Å². The van der Waals surface area contributed by atoms with E-state index in [0.29, 0.717) is 55.6 Å². The molecule has 6 saturated heterocycles. The Labute approximate surface area is 563 Å². The maximum Gasteiger partial charge on any atom is 1.00 e. The predicted molar refractivity (Wildman–Crippen MR) is 364 cm³/mol. The first-order valence-electron chi connectivity index (χ1n) is 30.2. The van der Waals surface area contributed by atoms with E-state index in [1.54, 1.807) is 12.1 Å². The van der Waals surface area contributed by atoms with Crippen molar-refractivity contribution in [1.29, 1.82) is 5.41 Å². The minimum atomic E-state index is -1.65. The molecular weight excluding hydrogens is 1430 g/mol. The van der Waals surface area contributed by atoms with Crippen LogP contribution in [0.2, 0.25) is 0 Å². The molecule has 0 bridgehead atoms. The monoisotopic (exact) mass is 1510 g/mol. The normalized spacial score (nSPS) is 26.8. The number of nitrogens with zero attached hydrogens (tertiary/aromatic N) is 13. The molecule has 13 rings (SSSR count). The van der Waals surface area contributed by atoms with Crippen LogP contribution in [0.5, 0.6) is 0 Å². The zero-order chi connectivity index (χ0) is 60.6. The van der Waals surface area contributed by atoms with Gasteiger partial charge >= 0.3 is 18.9 Å². The van der Waals surface area contributed by atoms with Gasteiger partial charge in [0.05, 0.1) is 17.1 Å². The third-order valence-corrected chi connectivity index (χ3v) is 21.8. The van der Waals surface area contributed by atoms with Gasteiger partial charge in [0.1, 0.15) is 17.8 Å². The molecule has 16 nitrogen and oxygen atoms in total. The number of halogens is 5. The third-order valence-electron chi connectivity index (χ3n) is 19.8. The summed E-state index contributed by atoms with van der Waals surface area (Å²) in [4.78, 5) is 55.1. The van der Waals surface area contributed by atoms with E-state index in [4.69, 9.17) is 36.4 Å². The number of amidine groups is 1. The molecule has 11 heterocycles. The third kappa shape index (κ3) is 12.5. The van der Waals surface area contributed by atoms with Crippen molar-refractivity contribution >= 4 is 119 Å². The maximum absolute atomic E-state index is 16.1.